The van der Waals surface area contributed by atoms with Crippen LogP contribution < -0.4 is 11.1 Å². The van der Waals surface area contributed by atoms with Crippen molar-refractivity contribution >= 4 is 24.1 Å². The summed E-state index contributed by atoms with van der Waals surface area (Å²) in [6.45, 7) is 2.61. The number of hydrogen-bond acceptors (Lipinski definition) is 3. The molecule has 1 aromatic heterocycles. The quantitative estimate of drug-likeness (QED) is 0.835. The zero-order valence-corrected chi connectivity index (χ0v) is 16.7. The summed E-state index contributed by atoms with van der Waals surface area (Å²) in [6, 6.07) is 8.79. The lowest BCUT2D eigenvalue weighted by Crippen LogP contribution is -2.31. The predicted molar refractivity (Wildman–Crippen MR) is 110 cm³/mol. The molecule has 1 saturated carbocycles. The first-order valence-electron chi connectivity index (χ1n) is 9.82. The van der Waals surface area contributed by atoms with Crippen LogP contribution in [0.25, 0.3) is 0 Å². The fourth-order valence-electron chi connectivity index (χ4n) is 4.70. The number of aryl methyl sites for hydroxylation is 2. The highest BCUT2D eigenvalue weighted by molar-refractivity contribution is 5.92. The Morgan fingerprint density at radius 2 is 2.07 bits per heavy atom. The first-order chi connectivity index (χ1) is 12.7. The molecule has 1 unspecified atom stereocenters. The van der Waals surface area contributed by atoms with E-state index in [0.717, 1.165) is 49.9 Å². The van der Waals surface area contributed by atoms with Crippen LogP contribution >= 0.6 is 12.4 Å². The number of anilines is 1. The summed E-state index contributed by atoms with van der Waals surface area (Å²) in [4.78, 5) is 12.9. The van der Waals surface area contributed by atoms with Gasteiger partial charge in [-0.25, -0.2) is 4.68 Å². The molecule has 2 aromatic rings. The summed E-state index contributed by atoms with van der Waals surface area (Å²) in [5.74, 6) is 1.29. The van der Waals surface area contributed by atoms with Crippen molar-refractivity contribution in [3.05, 3.63) is 47.2 Å². The third-order valence-electron chi connectivity index (χ3n) is 6.15. The molecule has 0 bridgehead atoms. The summed E-state index contributed by atoms with van der Waals surface area (Å²) >= 11 is 0. The number of hydrogen-bond donors (Lipinski definition) is 2. The number of nitrogens with two attached hydrogens (primary N) is 1. The molecule has 0 spiro atoms. The topological polar surface area (TPSA) is 72.9 Å². The van der Waals surface area contributed by atoms with Gasteiger partial charge in [0.1, 0.15) is 5.82 Å². The maximum absolute atomic E-state index is 12.9. The Balaban J connectivity index is 0.00000210. The number of carbonyl (C=O) groups is 1. The van der Waals surface area contributed by atoms with Gasteiger partial charge in [-0.3, -0.25) is 4.79 Å². The minimum absolute atomic E-state index is 0. The molecule has 4 rings (SSSR count). The normalized spacial score (nSPS) is 24.1. The third-order valence-corrected chi connectivity index (χ3v) is 6.15. The van der Waals surface area contributed by atoms with Gasteiger partial charge < -0.3 is 11.1 Å². The van der Waals surface area contributed by atoms with Crippen LogP contribution in [0.4, 0.5) is 5.82 Å². The molecular weight excluding hydrogens is 360 g/mol. The minimum Gasteiger partial charge on any atom is -0.330 e. The second kappa shape index (κ2) is 8.44. The average molecular weight is 389 g/mol. The van der Waals surface area contributed by atoms with Gasteiger partial charge in [0.25, 0.3) is 0 Å². The molecular formula is C21H29ClN4O. The van der Waals surface area contributed by atoms with Crippen LogP contribution in [0.2, 0.25) is 0 Å². The van der Waals surface area contributed by atoms with Gasteiger partial charge in [-0.15, -0.1) is 12.4 Å². The number of nitrogens with one attached hydrogen (secondary N) is 1. The molecule has 1 aromatic carbocycles. The van der Waals surface area contributed by atoms with E-state index in [1.807, 2.05) is 17.8 Å². The van der Waals surface area contributed by atoms with Crippen molar-refractivity contribution in [3.8, 4) is 0 Å². The van der Waals surface area contributed by atoms with Crippen molar-refractivity contribution < 1.29 is 4.79 Å². The summed E-state index contributed by atoms with van der Waals surface area (Å²) < 4.78 is 2.03. The van der Waals surface area contributed by atoms with E-state index in [0.29, 0.717) is 12.5 Å². The molecule has 5 nitrogen and oxygen atoms in total. The Labute approximate surface area is 167 Å². The maximum Gasteiger partial charge on any atom is 0.228 e. The number of benzene rings is 1. The van der Waals surface area contributed by atoms with Gasteiger partial charge in [0, 0.05) is 11.5 Å². The number of rotatable bonds is 4. The molecule has 1 heterocycles. The van der Waals surface area contributed by atoms with E-state index in [1.54, 1.807) is 0 Å². The average Bonchev–Trinajstić information content (AvgIpc) is 3.28. The number of nitrogens with zero attached hydrogens (tertiary/aromatic N) is 2. The van der Waals surface area contributed by atoms with Crippen molar-refractivity contribution in [2.75, 3.05) is 11.9 Å². The van der Waals surface area contributed by atoms with Crippen LogP contribution in [0.3, 0.4) is 0 Å². The van der Waals surface area contributed by atoms with Gasteiger partial charge in [0.05, 0.1) is 12.2 Å². The van der Waals surface area contributed by atoms with Crippen LogP contribution in [-0.4, -0.2) is 22.2 Å². The number of carbonyl (C=O) groups excluding carboxylic acids is 1. The van der Waals surface area contributed by atoms with Crippen molar-refractivity contribution in [3.63, 3.8) is 0 Å². The Hall–Kier alpha value is -1.85. The van der Waals surface area contributed by atoms with E-state index < -0.39 is 0 Å². The molecule has 0 radical (unpaired) electrons. The highest BCUT2D eigenvalue weighted by Gasteiger charge is 2.33. The van der Waals surface area contributed by atoms with Gasteiger partial charge in [-0.1, -0.05) is 30.7 Å². The molecule has 1 fully saturated rings. The van der Waals surface area contributed by atoms with Crippen LogP contribution in [0.5, 0.6) is 0 Å². The van der Waals surface area contributed by atoms with Gasteiger partial charge in [-0.05, 0) is 62.6 Å². The van der Waals surface area contributed by atoms with Gasteiger partial charge in [0.15, 0.2) is 0 Å². The van der Waals surface area contributed by atoms with Crippen molar-refractivity contribution in [1.29, 1.82) is 0 Å². The zero-order valence-electron chi connectivity index (χ0n) is 15.9. The first-order valence-corrected chi connectivity index (χ1v) is 9.82. The molecule has 0 aliphatic heterocycles. The maximum atomic E-state index is 12.9. The summed E-state index contributed by atoms with van der Waals surface area (Å²) in [7, 11) is 0. The molecule has 146 valence electrons. The van der Waals surface area contributed by atoms with E-state index >= 15 is 0 Å². The highest BCUT2D eigenvalue weighted by Crippen LogP contribution is 2.36. The molecule has 6 heteroatoms. The monoisotopic (exact) mass is 388 g/mol. The Morgan fingerprint density at radius 1 is 1.26 bits per heavy atom. The molecule has 27 heavy (non-hydrogen) atoms. The summed E-state index contributed by atoms with van der Waals surface area (Å²) in [6.07, 6.45) is 8.27. The van der Waals surface area contributed by atoms with Gasteiger partial charge in [0.2, 0.25) is 5.91 Å². The van der Waals surface area contributed by atoms with E-state index in [-0.39, 0.29) is 30.3 Å². The Morgan fingerprint density at radius 3 is 2.89 bits per heavy atom. The number of halogens is 1. The molecule has 2 aliphatic rings. The zero-order chi connectivity index (χ0) is 18.1. The van der Waals surface area contributed by atoms with E-state index in [9.17, 15) is 4.79 Å². The van der Waals surface area contributed by atoms with Crippen LogP contribution in [0.1, 0.15) is 54.8 Å². The Kier molecular flexibility index (Phi) is 6.22. The van der Waals surface area contributed by atoms with E-state index in [4.69, 9.17) is 5.73 Å². The van der Waals surface area contributed by atoms with Crippen LogP contribution in [-0.2, 0) is 11.2 Å². The molecule has 0 saturated heterocycles. The van der Waals surface area contributed by atoms with Crippen LogP contribution in [0, 0.1) is 18.8 Å². The molecule has 3 N–H and O–H groups in total. The summed E-state index contributed by atoms with van der Waals surface area (Å²) in [5.41, 5.74) is 9.61. The largest absolute Gasteiger partial charge is 0.330 e. The lowest BCUT2D eigenvalue weighted by Gasteiger charge is -2.28. The van der Waals surface area contributed by atoms with Gasteiger partial charge >= 0.3 is 0 Å². The van der Waals surface area contributed by atoms with Crippen molar-refractivity contribution in [2.45, 2.75) is 51.5 Å². The first kappa shape index (κ1) is 19.9. The molecule has 3 atom stereocenters. The number of fused-ring (bicyclic) bond motifs is 1. The fourth-order valence-corrected chi connectivity index (χ4v) is 4.70. The standard InChI is InChI=1S/C21H28N4O.ClH/c1-14-13-23-25(19-11-5-7-15-6-2-3-9-17(15)19)20(14)24-21(26)18-10-4-8-16(18)12-22;/h2-3,6,9,13,16,18-19H,4-5,7-8,10-12,22H2,1H3,(H,24,26);1H/t16-,18-,19?;/m1./s1. The molecule has 2 aliphatic carbocycles. The van der Waals surface area contributed by atoms with Crippen molar-refractivity contribution in [2.24, 2.45) is 17.6 Å². The van der Waals surface area contributed by atoms with E-state index in [1.165, 1.54) is 11.1 Å². The predicted octanol–water partition coefficient (Wildman–Crippen LogP) is 3.85. The Bertz CT molecular complexity index is 803. The third kappa shape index (κ3) is 3.76. The second-order valence-corrected chi connectivity index (χ2v) is 7.75. The lowest BCUT2D eigenvalue weighted by atomic mass is 9.88. The molecule has 1 amide bonds. The fraction of sp³-hybridized carbons (Fsp3) is 0.524. The second-order valence-electron chi connectivity index (χ2n) is 7.75. The number of amides is 1. The van der Waals surface area contributed by atoms with Crippen molar-refractivity contribution in [1.82, 2.24) is 9.78 Å². The van der Waals surface area contributed by atoms with Gasteiger partial charge in [-0.2, -0.15) is 5.10 Å². The highest BCUT2D eigenvalue weighted by atomic mass is 35.5. The summed E-state index contributed by atoms with van der Waals surface area (Å²) in [5, 5.41) is 7.83. The smallest absolute Gasteiger partial charge is 0.228 e. The SMILES string of the molecule is Cc1cnn(C2CCCc3ccccc32)c1NC(=O)[C@@H]1CCC[C@@H]1CN.Cl. The minimum atomic E-state index is 0. The van der Waals surface area contributed by atoms with E-state index in [2.05, 4.69) is 34.7 Å². The lowest BCUT2D eigenvalue weighted by molar-refractivity contribution is -0.120. The number of aromatic nitrogens is 2. The van der Waals surface area contributed by atoms with Crippen LogP contribution in [0.15, 0.2) is 30.5 Å².